The Kier molecular flexibility index (Phi) is 3.71. The van der Waals surface area contributed by atoms with Gasteiger partial charge < -0.3 is 11.1 Å². The number of nitrogens with two attached hydrogens (primary N) is 1. The van der Waals surface area contributed by atoms with E-state index in [1.165, 1.54) is 10.4 Å². The zero-order valence-electron chi connectivity index (χ0n) is 9.97. The summed E-state index contributed by atoms with van der Waals surface area (Å²) in [4.78, 5) is 1.18. The smallest absolute Gasteiger partial charge is 0.148 e. The molecule has 0 radical (unpaired) electrons. The van der Waals surface area contributed by atoms with Crippen LogP contribution in [-0.4, -0.2) is 22.8 Å². The number of hydrogen-bond acceptors (Lipinski definition) is 5. The van der Waals surface area contributed by atoms with Crippen LogP contribution in [0.15, 0.2) is 23.6 Å². The molecule has 0 amide bonds. The number of rotatable bonds is 4. The highest BCUT2D eigenvalue weighted by molar-refractivity contribution is 7.13. The van der Waals surface area contributed by atoms with Crippen LogP contribution in [0, 0.1) is 6.92 Å². The van der Waals surface area contributed by atoms with Gasteiger partial charge in [-0.15, -0.1) is 21.5 Å². The predicted molar refractivity (Wildman–Crippen MR) is 72.2 cm³/mol. The Morgan fingerprint density at radius 3 is 2.71 bits per heavy atom. The molecule has 90 valence electrons. The molecular formula is C12H16N4S. The van der Waals surface area contributed by atoms with E-state index < -0.39 is 0 Å². The number of aromatic nitrogens is 2. The van der Waals surface area contributed by atoms with E-state index in [-0.39, 0.29) is 6.04 Å². The molecule has 0 aliphatic carbocycles. The van der Waals surface area contributed by atoms with Gasteiger partial charge in [-0.25, -0.2) is 0 Å². The van der Waals surface area contributed by atoms with Gasteiger partial charge in [-0.3, -0.25) is 0 Å². The second-order valence-corrected chi connectivity index (χ2v) is 4.93. The van der Waals surface area contributed by atoms with E-state index in [4.69, 9.17) is 5.73 Å². The van der Waals surface area contributed by atoms with Crippen LogP contribution in [-0.2, 0) is 0 Å². The van der Waals surface area contributed by atoms with Gasteiger partial charge in [-0.2, -0.15) is 0 Å². The summed E-state index contributed by atoms with van der Waals surface area (Å²) in [5, 5.41) is 13.6. The second kappa shape index (κ2) is 5.25. The van der Waals surface area contributed by atoms with Crippen molar-refractivity contribution in [2.45, 2.75) is 19.9 Å². The normalized spacial score (nSPS) is 12.4. The number of hydrogen-bond donors (Lipinski definition) is 2. The third-order valence-corrected chi connectivity index (χ3v) is 3.55. The lowest BCUT2D eigenvalue weighted by Gasteiger charge is -2.11. The Balaban J connectivity index is 2.16. The van der Waals surface area contributed by atoms with Crippen molar-refractivity contribution in [2.75, 3.05) is 11.9 Å². The first-order valence-corrected chi connectivity index (χ1v) is 6.43. The molecule has 0 saturated heterocycles. The zero-order valence-corrected chi connectivity index (χ0v) is 10.8. The van der Waals surface area contributed by atoms with Crippen molar-refractivity contribution in [1.82, 2.24) is 10.2 Å². The van der Waals surface area contributed by atoms with E-state index in [1.807, 2.05) is 19.1 Å². The first-order valence-electron chi connectivity index (χ1n) is 5.55. The van der Waals surface area contributed by atoms with Gasteiger partial charge in [0.1, 0.15) is 11.5 Å². The average molecular weight is 248 g/mol. The Labute approximate surface area is 105 Å². The van der Waals surface area contributed by atoms with Crippen LogP contribution in [0.4, 0.5) is 5.82 Å². The van der Waals surface area contributed by atoms with Crippen LogP contribution >= 0.6 is 11.3 Å². The summed E-state index contributed by atoms with van der Waals surface area (Å²) in [6.45, 7) is 4.67. The molecule has 2 aromatic rings. The number of anilines is 1. The lowest BCUT2D eigenvalue weighted by Crippen LogP contribution is -2.25. The highest BCUT2D eigenvalue weighted by atomic mass is 32.1. The number of nitrogens with zero attached hydrogens (tertiary/aromatic N) is 2. The van der Waals surface area contributed by atoms with Crippen LogP contribution in [0.3, 0.4) is 0 Å². The van der Waals surface area contributed by atoms with E-state index in [0.717, 1.165) is 11.5 Å². The van der Waals surface area contributed by atoms with Gasteiger partial charge in [0.25, 0.3) is 0 Å². The van der Waals surface area contributed by atoms with E-state index in [2.05, 4.69) is 33.9 Å². The molecule has 0 aliphatic rings. The third-order valence-electron chi connectivity index (χ3n) is 2.51. The Morgan fingerprint density at radius 1 is 1.35 bits per heavy atom. The molecule has 2 rings (SSSR count). The van der Waals surface area contributed by atoms with Crippen molar-refractivity contribution in [3.8, 4) is 10.6 Å². The van der Waals surface area contributed by atoms with E-state index >= 15 is 0 Å². The lowest BCUT2D eigenvalue weighted by atomic mass is 10.2. The molecule has 2 aromatic heterocycles. The molecule has 5 heteroatoms. The number of thiophene rings is 1. The summed E-state index contributed by atoms with van der Waals surface area (Å²) in [5.74, 6) is 0.765. The molecule has 0 spiro atoms. The fraction of sp³-hybridized carbons (Fsp3) is 0.333. The first-order chi connectivity index (χ1) is 8.20. The molecule has 0 aromatic carbocycles. The summed E-state index contributed by atoms with van der Waals surface area (Å²) in [6.07, 6.45) is 0. The standard InChI is InChI=1S/C12H16N4S/c1-8-5-6-17-12(8)10-3-4-11(16-15-10)14-9(2)7-13/h3-6,9H,7,13H2,1-2H3,(H,14,16). The van der Waals surface area contributed by atoms with E-state index in [0.29, 0.717) is 6.54 Å². The number of nitrogens with one attached hydrogen (secondary N) is 1. The lowest BCUT2D eigenvalue weighted by molar-refractivity contribution is 0.792. The molecule has 2 heterocycles. The topological polar surface area (TPSA) is 63.8 Å². The molecule has 4 nitrogen and oxygen atoms in total. The van der Waals surface area contributed by atoms with Crippen molar-refractivity contribution in [1.29, 1.82) is 0 Å². The molecule has 0 saturated carbocycles. The first kappa shape index (κ1) is 12.0. The van der Waals surface area contributed by atoms with Crippen molar-refractivity contribution in [2.24, 2.45) is 5.73 Å². The quantitative estimate of drug-likeness (QED) is 0.871. The highest BCUT2D eigenvalue weighted by Crippen LogP contribution is 2.27. The van der Waals surface area contributed by atoms with Crippen LogP contribution in [0.25, 0.3) is 10.6 Å². The van der Waals surface area contributed by atoms with Gasteiger partial charge >= 0.3 is 0 Å². The number of aryl methyl sites for hydroxylation is 1. The maximum atomic E-state index is 5.54. The minimum atomic E-state index is 0.207. The third kappa shape index (κ3) is 2.81. The largest absolute Gasteiger partial charge is 0.365 e. The zero-order chi connectivity index (χ0) is 12.3. The van der Waals surface area contributed by atoms with Gasteiger partial charge in [0, 0.05) is 12.6 Å². The second-order valence-electron chi connectivity index (χ2n) is 4.02. The minimum absolute atomic E-state index is 0.207. The van der Waals surface area contributed by atoms with Gasteiger partial charge in [0.15, 0.2) is 0 Å². The van der Waals surface area contributed by atoms with Crippen molar-refractivity contribution in [3.63, 3.8) is 0 Å². The van der Waals surface area contributed by atoms with E-state index in [9.17, 15) is 0 Å². The highest BCUT2D eigenvalue weighted by Gasteiger charge is 2.06. The van der Waals surface area contributed by atoms with Crippen molar-refractivity contribution in [3.05, 3.63) is 29.1 Å². The van der Waals surface area contributed by atoms with Gasteiger partial charge in [-0.1, -0.05) is 0 Å². The summed E-state index contributed by atoms with van der Waals surface area (Å²) < 4.78 is 0. The molecule has 0 fully saturated rings. The maximum absolute atomic E-state index is 5.54. The van der Waals surface area contributed by atoms with Crippen molar-refractivity contribution >= 4 is 17.2 Å². The minimum Gasteiger partial charge on any atom is -0.365 e. The Hall–Kier alpha value is -1.46. The van der Waals surface area contributed by atoms with Crippen molar-refractivity contribution < 1.29 is 0 Å². The monoisotopic (exact) mass is 248 g/mol. The molecule has 1 atom stereocenters. The fourth-order valence-electron chi connectivity index (χ4n) is 1.48. The summed E-state index contributed by atoms with van der Waals surface area (Å²) >= 11 is 1.68. The SMILES string of the molecule is Cc1ccsc1-c1ccc(NC(C)CN)nn1. The molecule has 3 N–H and O–H groups in total. The van der Waals surface area contributed by atoms with Crippen LogP contribution in [0.2, 0.25) is 0 Å². The molecule has 0 aliphatic heterocycles. The van der Waals surface area contributed by atoms with Crippen LogP contribution in [0.1, 0.15) is 12.5 Å². The summed E-state index contributed by atoms with van der Waals surface area (Å²) in [5.41, 5.74) is 7.69. The van der Waals surface area contributed by atoms with Gasteiger partial charge in [-0.05, 0) is 43.0 Å². The van der Waals surface area contributed by atoms with Gasteiger partial charge in [0.05, 0.1) is 4.88 Å². The molecule has 0 bridgehead atoms. The fourth-order valence-corrected chi connectivity index (χ4v) is 2.37. The average Bonchev–Trinajstić information content (AvgIpc) is 2.76. The van der Waals surface area contributed by atoms with E-state index in [1.54, 1.807) is 11.3 Å². The summed E-state index contributed by atoms with van der Waals surface area (Å²) in [6, 6.07) is 6.22. The molecule has 1 unspecified atom stereocenters. The summed E-state index contributed by atoms with van der Waals surface area (Å²) in [7, 11) is 0. The van der Waals surface area contributed by atoms with Gasteiger partial charge in [0.2, 0.25) is 0 Å². The van der Waals surface area contributed by atoms with Crippen LogP contribution in [0.5, 0.6) is 0 Å². The molecular weight excluding hydrogens is 232 g/mol. The predicted octanol–water partition coefficient (Wildman–Crippen LogP) is 2.27. The Bertz CT molecular complexity index is 478. The maximum Gasteiger partial charge on any atom is 0.148 e. The Morgan fingerprint density at radius 2 is 2.18 bits per heavy atom. The molecule has 17 heavy (non-hydrogen) atoms. The van der Waals surface area contributed by atoms with Crippen LogP contribution < -0.4 is 11.1 Å².